The normalized spacial score (nSPS) is 10.6. The molecule has 0 fully saturated rings. The zero-order valence-corrected chi connectivity index (χ0v) is 13.4. The zero-order chi connectivity index (χ0) is 16.1. The Hall–Kier alpha value is -2.15. The molecule has 0 spiro atoms. The molecule has 1 heterocycles. The van der Waals surface area contributed by atoms with Crippen LogP contribution in [0.25, 0.3) is 0 Å². The van der Waals surface area contributed by atoms with Crippen molar-refractivity contribution in [2.75, 3.05) is 11.5 Å². The molecule has 22 heavy (non-hydrogen) atoms. The number of nitro groups is 1. The second kappa shape index (κ2) is 7.22. The van der Waals surface area contributed by atoms with Crippen molar-refractivity contribution in [1.29, 1.82) is 0 Å². The molecule has 2 N–H and O–H groups in total. The second-order valence-electron chi connectivity index (χ2n) is 4.95. The van der Waals surface area contributed by atoms with Gasteiger partial charge in [0.15, 0.2) is 5.16 Å². The average molecular weight is 318 g/mol. The second-order valence-corrected chi connectivity index (χ2v) is 6.02. The van der Waals surface area contributed by atoms with Crippen LogP contribution >= 0.6 is 11.8 Å². The van der Waals surface area contributed by atoms with Gasteiger partial charge in [0.1, 0.15) is 5.69 Å². The molecule has 0 amide bonds. The molecule has 6 nitrogen and oxygen atoms in total. The van der Waals surface area contributed by atoms with Crippen molar-refractivity contribution in [3.63, 3.8) is 0 Å². The van der Waals surface area contributed by atoms with E-state index in [0.29, 0.717) is 17.3 Å². The highest BCUT2D eigenvalue weighted by Gasteiger charge is 2.23. The lowest BCUT2D eigenvalue weighted by molar-refractivity contribution is -0.385. The smallest absolute Gasteiger partial charge is 0.332 e. The van der Waals surface area contributed by atoms with Crippen LogP contribution in [0.5, 0.6) is 0 Å². The van der Waals surface area contributed by atoms with Gasteiger partial charge in [0.25, 0.3) is 0 Å². The number of benzene rings is 1. The topological polar surface area (TPSA) is 94.9 Å². The van der Waals surface area contributed by atoms with Crippen molar-refractivity contribution in [1.82, 2.24) is 9.97 Å². The van der Waals surface area contributed by atoms with Gasteiger partial charge in [-0.25, -0.2) is 4.98 Å². The van der Waals surface area contributed by atoms with Crippen molar-refractivity contribution in [3.8, 4) is 0 Å². The van der Waals surface area contributed by atoms with E-state index < -0.39 is 4.92 Å². The van der Waals surface area contributed by atoms with Crippen LogP contribution in [0.2, 0.25) is 0 Å². The van der Waals surface area contributed by atoms with Gasteiger partial charge in [0.2, 0.25) is 5.82 Å². The molecule has 0 atom stereocenters. The number of thioether (sulfide) groups is 1. The highest BCUT2D eigenvalue weighted by molar-refractivity contribution is 7.99. The Labute approximate surface area is 133 Å². The van der Waals surface area contributed by atoms with Crippen LogP contribution in [0.1, 0.15) is 30.2 Å². The van der Waals surface area contributed by atoms with Gasteiger partial charge in [-0.3, -0.25) is 10.1 Å². The third-order valence-corrected chi connectivity index (χ3v) is 4.13. The standard InChI is InChI=1S/C15H18N4O2S/c1-3-8-22-15-17-12(13(19(20)21)14(16)18-15)9-11-6-4-10(2)5-7-11/h4-7H,3,8-9H2,1-2H3,(H2,16,17,18). The van der Waals surface area contributed by atoms with Gasteiger partial charge in [0, 0.05) is 12.2 Å². The molecule has 2 rings (SSSR count). The van der Waals surface area contributed by atoms with Gasteiger partial charge < -0.3 is 5.73 Å². The van der Waals surface area contributed by atoms with E-state index in [1.807, 2.05) is 31.2 Å². The molecule has 0 radical (unpaired) electrons. The number of nitrogens with zero attached hydrogens (tertiary/aromatic N) is 3. The summed E-state index contributed by atoms with van der Waals surface area (Å²) < 4.78 is 0. The Morgan fingerprint density at radius 3 is 2.55 bits per heavy atom. The Bertz CT molecular complexity index is 674. The van der Waals surface area contributed by atoms with Gasteiger partial charge >= 0.3 is 5.69 Å². The van der Waals surface area contributed by atoms with Gasteiger partial charge in [0.05, 0.1) is 4.92 Å². The molecule has 1 aromatic carbocycles. The number of rotatable bonds is 6. The molecule has 0 bridgehead atoms. The molecule has 116 valence electrons. The van der Waals surface area contributed by atoms with E-state index >= 15 is 0 Å². The van der Waals surface area contributed by atoms with E-state index in [2.05, 4.69) is 16.9 Å². The molecular weight excluding hydrogens is 300 g/mol. The Kier molecular flexibility index (Phi) is 5.32. The highest BCUT2D eigenvalue weighted by atomic mass is 32.2. The zero-order valence-electron chi connectivity index (χ0n) is 12.6. The lowest BCUT2D eigenvalue weighted by atomic mass is 10.1. The first kappa shape index (κ1) is 16.2. The molecule has 0 unspecified atom stereocenters. The lowest BCUT2D eigenvalue weighted by Crippen LogP contribution is -2.08. The maximum atomic E-state index is 11.3. The van der Waals surface area contributed by atoms with Crippen LogP contribution in [0, 0.1) is 17.0 Å². The molecule has 0 aliphatic heterocycles. The molecule has 0 saturated carbocycles. The van der Waals surface area contributed by atoms with Gasteiger partial charge in [-0.2, -0.15) is 4.98 Å². The third kappa shape index (κ3) is 3.94. The fourth-order valence-corrected chi connectivity index (χ4v) is 2.70. The predicted octanol–water partition coefficient (Wildman–Crippen LogP) is 3.37. The molecule has 7 heteroatoms. The van der Waals surface area contributed by atoms with Crippen molar-refractivity contribution in [3.05, 3.63) is 51.2 Å². The summed E-state index contributed by atoms with van der Waals surface area (Å²) in [7, 11) is 0. The number of nitrogen functional groups attached to an aromatic ring is 1. The summed E-state index contributed by atoms with van der Waals surface area (Å²) in [5.74, 6) is 0.780. The van der Waals surface area contributed by atoms with Crippen molar-refractivity contribution >= 4 is 23.3 Å². The van der Waals surface area contributed by atoms with Gasteiger partial charge in [-0.1, -0.05) is 48.5 Å². The van der Waals surface area contributed by atoms with Crippen LogP contribution in [0.3, 0.4) is 0 Å². The first-order valence-electron chi connectivity index (χ1n) is 7.00. The summed E-state index contributed by atoms with van der Waals surface area (Å²) in [6.07, 6.45) is 1.33. The Balaban J connectivity index is 2.39. The Morgan fingerprint density at radius 2 is 1.95 bits per heavy atom. The van der Waals surface area contributed by atoms with Crippen LogP contribution < -0.4 is 5.73 Å². The van der Waals surface area contributed by atoms with Crippen LogP contribution in [0.4, 0.5) is 11.5 Å². The number of hydrogen-bond acceptors (Lipinski definition) is 6. The molecule has 1 aromatic heterocycles. The van der Waals surface area contributed by atoms with E-state index in [1.165, 1.54) is 11.8 Å². The van der Waals surface area contributed by atoms with Crippen molar-refractivity contribution in [2.24, 2.45) is 0 Å². The van der Waals surface area contributed by atoms with E-state index in [0.717, 1.165) is 23.3 Å². The monoisotopic (exact) mass is 318 g/mol. The highest BCUT2D eigenvalue weighted by Crippen LogP contribution is 2.28. The molecule has 0 aliphatic carbocycles. The van der Waals surface area contributed by atoms with E-state index in [4.69, 9.17) is 5.73 Å². The van der Waals surface area contributed by atoms with Crippen molar-refractivity contribution < 1.29 is 4.92 Å². The predicted molar refractivity (Wildman–Crippen MR) is 88.1 cm³/mol. The van der Waals surface area contributed by atoms with Crippen LogP contribution in [-0.2, 0) is 6.42 Å². The van der Waals surface area contributed by atoms with Crippen LogP contribution in [0.15, 0.2) is 29.4 Å². The fourth-order valence-electron chi connectivity index (χ4n) is 1.98. The molecule has 0 saturated heterocycles. The third-order valence-electron chi connectivity index (χ3n) is 3.07. The summed E-state index contributed by atoms with van der Waals surface area (Å²) in [6.45, 7) is 4.04. The number of anilines is 1. The minimum Gasteiger partial charge on any atom is -0.378 e. The van der Waals surface area contributed by atoms with Gasteiger partial charge in [-0.05, 0) is 18.9 Å². The summed E-state index contributed by atoms with van der Waals surface area (Å²) >= 11 is 1.46. The maximum absolute atomic E-state index is 11.3. The van der Waals surface area contributed by atoms with E-state index in [1.54, 1.807) is 0 Å². The number of aromatic nitrogens is 2. The number of hydrogen-bond donors (Lipinski definition) is 1. The largest absolute Gasteiger partial charge is 0.378 e. The summed E-state index contributed by atoms with van der Waals surface area (Å²) in [5.41, 5.74) is 8.03. The number of aryl methyl sites for hydroxylation is 1. The Morgan fingerprint density at radius 1 is 1.27 bits per heavy atom. The maximum Gasteiger partial charge on any atom is 0.332 e. The fraction of sp³-hybridized carbons (Fsp3) is 0.333. The van der Waals surface area contributed by atoms with E-state index in [9.17, 15) is 10.1 Å². The first-order valence-corrected chi connectivity index (χ1v) is 7.99. The minimum absolute atomic E-state index is 0.0688. The van der Waals surface area contributed by atoms with E-state index in [-0.39, 0.29) is 11.5 Å². The quantitative estimate of drug-likeness (QED) is 0.380. The first-order chi connectivity index (χ1) is 10.5. The minimum atomic E-state index is -0.507. The average Bonchev–Trinajstić information content (AvgIpc) is 2.46. The van der Waals surface area contributed by atoms with Gasteiger partial charge in [-0.15, -0.1) is 0 Å². The molecule has 2 aromatic rings. The summed E-state index contributed by atoms with van der Waals surface area (Å²) in [5, 5.41) is 11.7. The SMILES string of the molecule is CCCSc1nc(N)c([N+](=O)[O-])c(Cc2ccc(C)cc2)n1. The number of nitrogens with two attached hydrogens (primary N) is 1. The lowest BCUT2D eigenvalue weighted by Gasteiger charge is -2.07. The molecular formula is C15H18N4O2S. The summed E-state index contributed by atoms with van der Waals surface area (Å²) in [6, 6.07) is 7.82. The summed E-state index contributed by atoms with van der Waals surface area (Å²) in [4.78, 5) is 19.1. The van der Waals surface area contributed by atoms with Crippen LogP contribution in [-0.4, -0.2) is 20.6 Å². The van der Waals surface area contributed by atoms with Crippen molar-refractivity contribution in [2.45, 2.75) is 31.8 Å². The molecule has 0 aliphatic rings.